The molecule has 1 N–H and O–H groups in total. The van der Waals surface area contributed by atoms with Gasteiger partial charge in [0.1, 0.15) is 0 Å². The summed E-state index contributed by atoms with van der Waals surface area (Å²) in [6.07, 6.45) is 0.892. The lowest BCUT2D eigenvalue weighted by atomic mass is 10.1. The number of carbonyl (C=O) groups excluding carboxylic acids is 1. The predicted molar refractivity (Wildman–Crippen MR) is 80.7 cm³/mol. The molecular weight excluding hydrogens is 254 g/mol. The third-order valence-corrected chi connectivity index (χ3v) is 3.86. The number of nitrogens with one attached hydrogen (secondary N) is 1. The van der Waals surface area contributed by atoms with Gasteiger partial charge in [-0.2, -0.15) is 0 Å². The molecule has 0 aliphatic heterocycles. The number of rotatable bonds is 5. The highest BCUT2D eigenvalue weighted by Crippen LogP contribution is 2.19. The Morgan fingerprint density at radius 3 is 2.58 bits per heavy atom. The summed E-state index contributed by atoms with van der Waals surface area (Å²) in [5.74, 6) is 0.519. The Hall–Kier alpha value is -1.61. The van der Waals surface area contributed by atoms with Crippen LogP contribution in [0.2, 0.25) is 0 Å². The van der Waals surface area contributed by atoms with Crippen LogP contribution in [-0.2, 0) is 6.42 Å². The van der Waals surface area contributed by atoms with E-state index in [0.717, 1.165) is 17.8 Å². The van der Waals surface area contributed by atoms with Crippen molar-refractivity contribution in [3.05, 3.63) is 57.8 Å². The zero-order chi connectivity index (χ0) is 13.7. The summed E-state index contributed by atoms with van der Waals surface area (Å²) < 4.78 is 0. The maximum atomic E-state index is 11.9. The molecule has 2 aromatic rings. The molecule has 2 nitrogen and oxygen atoms in total. The summed E-state index contributed by atoms with van der Waals surface area (Å²) >= 11 is 1.58. The van der Waals surface area contributed by atoms with Gasteiger partial charge in [-0.25, -0.2) is 0 Å². The monoisotopic (exact) mass is 273 g/mol. The number of amides is 1. The topological polar surface area (TPSA) is 29.1 Å². The minimum Gasteiger partial charge on any atom is -0.351 e. The van der Waals surface area contributed by atoms with Crippen molar-refractivity contribution in [2.24, 2.45) is 5.92 Å². The van der Waals surface area contributed by atoms with Crippen molar-refractivity contribution in [2.75, 3.05) is 6.54 Å². The van der Waals surface area contributed by atoms with E-state index < -0.39 is 0 Å². The van der Waals surface area contributed by atoms with Crippen molar-refractivity contribution in [3.63, 3.8) is 0 Å². The summed E-state index contributed by atoms with van der Waals surface area (Å²) in [5.41, 5.74) is 1.28. The highest BCUT2D eigenvalue weighted by molar-refractivity contribution is 7.14. The molecule has 0 aliphatic rings. The van der Waals surface area contributed by atoms with E-state index in [0.29, 0.717) is 5.92 Å². The molecule has 0 spiro atoms. The Balaban J connectivity index is 1.97. The fourth-order valence-corrected chi connectivity index (χ4v) is 2.73. The number of hydrogen-bond acceptors (Lipinski definition) is 2. The average molecular weight is 273 g/mol. The average Bonchev–Trinajstić information content (AvgIpc) is 2.85. The molecule has 0 saturated heterocycles. The van der Waals surface area contributed by atoms with Gasteiger partial charge < -0.3 is 5.32 Å². The first kappa shape index (κ1) is 13.8. The highest BCUT2D eigenvalue weighted by atomic mass is 32.1. The molecule has 1 aromatic carbocycles. The lowest BCUT2D eigenvalue weighted by molar-refractivity contribution is 0.0953. The molecule has 0 aliphatic carbocycles. The minimum absolute atomic E-state index is 0.0398. The molecule has 1 heterocycles. The van der Waals surface area contributed by atoms with Gasteiger partial charge in [-0.1, -0.05) is 44.2 Å². The number of thiophene rings is 1. The first-order valence-electron chi connectivity index (χ1n) is 6.56. The molecule has 1 amide bonds. The molecular formula is C16H19NOS. The van der Waals surface area contributed by atoms with E-state index in [1.54, 1.807) is 11.3 Å². The third kappa shape index (κ3) is 4.21. The van der Waals surface area contributed by atoms with Crippen LogP contribution in [0.4, 0.5) is 0 Å². The van der Waals surface area contributed by atoms with Crippen molar-refractivity contribution < 1.29 is 4.79 Å². The summed E-state index contributed by atoms with van der Waals surface area (Å²) in [7, 11) is 0. The summed E-state index contributed by atoms with van der Waals surface area (Å²) in [6, 6.07) is 14.3. The zero-order valence-electron chi connectivity index (χ0n) is 11.3. The van der Waals surface area contributed by atoms with Gasteiger partial charge in [0.2, 0.25) is 0 Å². The Kier molecular flexibility index (Phi) is 4.74. The fourth-order valence-electron chi connectivity index (χ4n) is 1.78. The molecule has 0 unspecified atom stereocenters. The second-order valence-corrected chi connectivity index (χ2v) is 6.20. The molecule has 3 heteroatoms. The van der Waals surface area contributed by atoms with Gasteiger partial charge >= 0.3 is 0 Å². The van der Waals surface area contributed by atoms with Crippen LogP contribution in [0, 0.1) is 5.92 Å². The van der Waals surface area contributed by atoms with E-state index in [1.165, 1.54) is 10.4 Å². The first-order chi connectivity index (χ1) is 9.15. The smallest absolute Gasteiger partial charge is 0.261 e. The Bertz CT molecular complexity index is 531. The summed E-state index contributed by atoms with van der Waals surface area (Å²) in [4.78, 5) is 13.9. The first-order valence-corrected chi connectivity index (χ1v) is 7.37. The van der Waals surface area contributed by atoms with E-state index >= 15 is 0 Å². The second kappa shape index (κ2) is 6.53. The molecule has 0 atom stereocenters. The van der Waals surface area contributed by atoms with Gasteiger partial charge in [0.25, 0.3) is 5.91 Å². The van der Waals surface area contributed by atoms with E-state index in [1.807, 2.05) is 30.3 Å². The molecule has 100 valence electrons. The van der Waals surface area contributed by atoms with Gasteiger partial charge in [0.05, 0.1) is 4.88 Å². The lowest BCUT2D eigenvalue weighted by Crippen LogP contribution is -2.26. The molecule has 0 saturated carbocycles. The number of benzene rings is 1. The highest BCUT2D eigenvalue weighted by Gasteiger charge is 2.09. The maximum absolute atomic E-state index is 11.9. The van der Waals surface area contributed by atoms with Gasteiger partial charge in [-0.05, 0) is 23.6 Å². The Morgan fingerprint density at radius 1 is 1.16 bits per heavy atom. The molecule has 0 radical (unpaired) electrons. The van der Waals surface area contributed by atoms with Crippen LogP contribution in [0.25, 0.3) is 0 Å². The predicted octanol–water partition coefficient (Wildman–Crippen LogP) is 3.72. The minimum atomic E-state index is 0.0398. The molecule has 1 aromatic heterocycles. The normalized spacial score (nSPS) is 10.7. The van der Waals surface area contributed by atoms with Gasteiger partial charge in [-0.3, -0.25) is 4.79 Å². The molecule has 0 fully saturated rings. The maximum Gasteiger partial charge on any atom is 0.261 e. The summed E-state index contributed by atoms with van der Waals surface area (Å²) in [5, 5.41) is 2.95. The quantitative estimate of drug-likeness (QED) is 0.883. The van der Waals surface area contributed by atoms with Gasteiger partial charge in [0.15, 0.2) is 0 Å². The van der Waals surface area contributed by atoms with Crippen LogP contribution in [0.1, 0.15) is 34.0 Å². The Labute approximate surface area is 118 Å². The van der Waals surface area contributed by atoms with E-state index in [-0.39, 0.29) is 5.91 Å². The summed E-state index contributed by atoms with van der Waals surface area (Å²) in [6.45, 7) is 4.91. The Morgan fingerprint density at radius 2 is 1.89 bits per heavy atom. The molecule has 19 heavy (non-hydrogen) atoms. The van der Waals surface area contributed by atoms with Crippen LogP contribution < -0.4 is 5.32 Å². The molecule has 0 bridgehead atoms. The van der Waals surface area contributed by atoms with Crippen LogP contribution in [0.5, 0.6) is 0 Å². The van der Waals surface area contributed by atoms with Gasteiger partial charge in [-0.15, -0.1) is 11.3 Å². The van der Waals surface area contributed by atoms with Crippen LogP contribution in [0.3, 0.4) is 0 Å². The standard InChI is InChI=1S/C16H19NOS/c1-12(2)11-17-16(18)15-9-8-14(19-15)10-13-6-4-3-5-7-13/h3-9,12H,10-11H2,1-2H3,(H,17,18). The fraction of sp³-hybridized carbons (Fsp3) is 0.312. The van der Waals surface area contributed by atoms with Crippen molar-refractivity contribution in [2.45, 2.75) is 20.3 Å². The van der Waals surface area contributed by atoms with E-state index in [9.17, 15) is 4.79 Å². The van der Waals surface area contributed by atoms with Crippen molar-refractivity contribution in [3.8, 4) is 0 Å². The van der Waals surface area contributed by atoms with Crippen LogP contribution in [-0.4, -0.2) is 12.5 Å². The van der Waals surface area contributed by atoms with Crippen molar-refractivity contribution >= 4 is 17.2 Å². The zero-order valence-corrected chi connectivity index (χ0v) is 12.2. The second-order valence-electron chi connectivity index (χ2n) is 5.03. The number of carbonyl (C=O) groups is 1. The molecule has 2 rings (SSSR count). The third-order valence-electron chi connectivity index (χ3n) is 2.78. The SMILES string of the molecule is CC(C)CNC(=O)c1ccc(Cc2ccccc2)s1. The van der Waals surface area contributed by atoms with Crippen LogP contribution in [0.15, 0.2) is 42.5 Å². The van der Waals surface area contributed by atoms with E-state index in [2.05, 4.69) is 31.3 Å². The van der Waals surface area contributed by atoms with Crippen molar-refractivity contribution in [1.29, 1.82) is 0 Å². The van der Waals surface area contributed by atoms with E-state index in [4.69, 9.17) is 0 Å². The number of hydrogen-bond donors (Lipinski definition) is 1. The largest absolute Gasteiger partial charge is 0.351 e. The van der Waals surface area contributed by atoms with Crippen molar-refractivity contribution in [1.82, 2.24) is 5.32 Å². The lowest BCUT2D eigenvalue weighted by Gasteiger charge is -2.05. The van der Waals surface area contributed by atoms with Gasteiger partial charge in [0, 0.05) is 17.8 Å². The van der Waals surface area contributed by atoms with Crippen LogP contribution >= 0.6 is 11.3 Å².